The number of rotatable bonds is 5. The normalized spacial score (nSPS) is 14.9. The van der Waals surface area contributed by atoms with E-state index in [0.717, 1.165) is 29.9 Å². The molecule has 1 aliphatic carbocycles. The van der Waals surface area contributed by atoms with Gasteiger partial charge in [-0.05, 0) is 25.0 Å². The Morgan fingerprint density at radius 3 is 2.68 bits per heavy atom. The summed E-state index contributed by atoms with van der Waals surface area (Å²) in [6.07, 6.45) is -1.00. The van der Waals surface area contributed by atoms with Crippen molar-refractivity contribution in [3.05, 3.63) is 39.3 Å². The molecule has 0 saturated heterocycles. The Bertz CT molecular complexity index is 670. The van der Waals surface area contributed by atoms with Crippen LogP contribution < -0.4 is 10.1 Å². The van der Waals surface area contributed by atoms with Gasteiger partial charge in [-0.1, -0.05) is 11.6 Å². The molecule has 3 nitrogen and oxygen atoms in total. The van der Waals surface area contributed by atoms with Crippen molar-refractivity contribution in [2.75, 3.05) is 5.32 Å². The van der Waals surface area contributed by atoms with Gasteiger partial charge in [-0.25, -0.2) is 4.98 Å². The molecule has 118 valence electrons. The molecule has 0 unspecified atom stereocenters. The highest BCUT2D eigenvalue weighted by Crippen LogP contribution is 2.36. The van der Waals surface area contributed by atoms with Crippen LogP contribution in [0, 0.1) is 0 Å². The number of nitrogens with one attached hydrogen (secondary N) is 1. The van der Waals surface area contributed by atoms with Crippen LogP contribution in [0.2, 0.25) is 4.47 Å². The van der Waals surface area contributed by atoms with Crippen LogP contribution in [0.25, 0.3) is 0 Å². The zero-order valence-electron chi connectivity index (χ0n) is 11.3. The smallest absolute Gasteiger partial charge is 0.416 e. The van der Waals surface area contributed by atoms with E-state index in [1.807, 2.05) is 0 Å². The Morgan fingerprint density at radius 1 is 1.32 bits per heavy atom. The summed E-state index contributed by atoms with van der Waals surface area (Å²) in [5.41, 5.74) is -0.370. The first-order valence-corrected chi connectivity index (χ1v) is 7.82. The highest BCUT2D eigenvalue weighted by molar-refractivity contribution is 7.15. The SMILES string of the molecule is FC(F)(F)c1cc(NCc2cnc(Cl)s2)cc(OC2CC2)c1. The van der Waals surface area contributed by atoms with E-state index in [-0.39, 0.29) is 11.9 Å². The molecule has 3 rings (SSSR count). The lowest BCUT2D eigenvalue weighted by molar-refractivity contribution is -0.137. The third kappa shape index (κ3) is 4.04. The lowest BCUT2D eigenvalue weighted by Crippen LogP contribution is -2.08. The van der Waals surface area contributed by atoms with Crippen LogP contribution in [-0.4, -0.2) is 11.1 Å². The standard InChI is InChI=1S/C14H12ClF3N2OS/c15-13-20-7-12(22-13)6-19-9-3-8(14(16,17)18)4-11(5-9)21-10-1-2-10/h3-5,7,10,19H,1-2,6H2. The molecule has 8 heteroatoms. The third-order valence-electron chi connectivity index (χ3n) is 3.05. The maximum absolute atomic E-state index is 13.0. The molecule has 0 spiro atoms. The molecular formula is C14H12ClF3N2OS. The molecule has 1 saturated carbocycles. The van der Waals surface area contributed by atoms with Crippen molar-refractivity contribution < 1.29 is 17.9 Å². The number of hydrogen-bond acceptors (Lipinski definition) is 4. The zero-order valence-corrected chi connectivity index (χ0v) is 12.9. The van der Waals surface area contributed by atoms with E-state index in [4.69, 9.17) is 16.3 Å². The highest BCUT2D eigenvalue weighted by Gasteiger charge is 2.32. The molecule has 0 radical (unpaired) electrons. The number of nitrogens with zero attached hydrogens (tertiary/aromatic N) is 1. The number of halogens is 4. The van der Waals surface area contributed by atoms with Gasteiger partial charge >= 0.3 is 6.18 Å². The summed E-state index contributed by atoms with van der Waals surface area (Å²) >= 11 is 7.01. The van der Waals surface area contributed by atoms with Gasteiger partial charge in [-0.3, -0.25) is 0 Å². The van der Waals surface area contributed by atoms with Gasteiger partial charge in [0, 0.05) is 22.8 Å². The van der Waals surface area contributed by atoms with Gasteiger partial charge in [0.2, 0.25) is 0 Å². The first kappa shape index (κ1) is 15.4. The highest BCUT2D eigenvalue weighted by atomic mass is 35.5. The van der Waals surface area contributed by atoms with Gasteiger partial charge in [0.25, 0.3) is 0 Å². The summed E-state index contributed by atoms with van der Waals surface area (Å²) in [6.45, 7) is 0.356. The van der Waals surface area contributed by atoms with E-state index >= 15 is 0 Å². The van der Waals surface area contributed by atoms with Gasteiger partial charge in [0.05, 0.1) is 18.2 Å². The largest absolute Gasteiger partial charge is 0.490 e. The number of ether oxygens (including phenoxy) is 1. The minimum atomic E-state index is -4.41. The second kappa shape index (κ2) is 5.96. The molecule has 1 aromatic carbocycles. The Kier molecular flexibility index (Phi) is 4.18. The van der Waals surface area contributed by atoms with Crippen LogP contribution in [-0.2, 0) is 12.7 Å². The van der Waals surface area contributed by atoms with E-state index in [1.54, 1.807) is 12.3 Å². The van der Waals surface area contributed by atoms with Gasteiger partial charge in [-0.15, -0.1) is 11.3 Å². The third-order valence-corrected chi connectivity index (χ3v) is 4.17. The fourth-order valence-corrected chi connectivity index (χ4v) is 2.78. The van der Waals surface area contributed by atoms with Crippen molar-refractivity contribution in [1.82, 2.24) is 4.98 Å². The van der Waals surface area contributed by atoms with Crippen molar-refractivity contribution >= 4 is 28.6 Å². The van der Waals surface area contributed by atoms with E-state index in [2.05, 4.69) is 10.3 Å². The molecular weight excluding hydrogens is 337 g/mol. The zero-order chi connectivity index (χ0) is 15.7. The molecule has 1 aliphatic rings. The Hall–Kier alpha value is -1.47. The second-order valence-electron chi connectivity index (χ2n) is 4.99. The molecule has 0 atom stereocenters. The molecule has 0 amide bonds. The average Bonchev–Trinajstić information content (AvgIpc) is 3.15. The average molecular weight is 349 g/mol. The minimum absolute atomic E-state index is 0.0386. The van der Waals surface area contributed by atoms with Crippen molar-refractivity contribution in [2.24, 2.45) is 0 Å². The molecule has 1 aromatic heterocycles. The fraction of sp³-hybridized carbons (Fsp3) is 0.357. The molecule has 1 N–H and O–H groups in total. The Labute approximate surface area is 134 Å². The number of alkyl halides is 3. The van der Waals surface area contributed by atoms with Crippen molar-refractivity contribution in [1.29, 1.82) is 0 Å². The van der Waals surface area contributed by atoms with Gasteiger partial charge in [0.1, 0.15) is 5.75 Å². The summed E-state index contributed by atoms with van der Waals surface area (Å²) in [5.74, 6) is 0.238. The number of aromatic nitrogens is 1. The summed E-state index contributed by atoms with van der Waals surface area (Å²) in [5, 5.41) is 2.95. The second-order valence-corrected chi connectivity index (χ2v) is 6.69. The lowest BCUT2D eigenvalue weighted by atomic mass is 10.1. The number of thiazole rings is 1. The number of anilines is 1. The van der Waals surface area contributed by atoms with E-state index < -0.39 is 11.7 Å². The van der Waals surface area contributed by atoms with Crippen molar-refractivity contribution in [2.45, 2.75) is 31.7 Å². The first-order valence-electron chi connectivity index (χ1n) is 6.63. The monoisotopic (exact) mass is 348 g/mol. The predicted molar refractivity (Wildman–Crippen MR) is 79.5 cm³/mol. The van der Waals surface area contributed by atoms with Crippen LogP contribution in [0.5, 0.6) is 5.75 Å². The van der Waals surface area contributed by atoms with E-state index in [9.17, 15) is 13.2 Å². The summed E-state index contributed by atoms with van der Waals surface area (Å²) < 4.78 is 44.8. The topological polar surface area (TPSA) is 34.2 Å². The van der Waals surface area contributed by atoms with Gasteiger partial charge in [0.15, 0.2) is 4.47 Å². The van der Waals surface area contributed by atoms with Crippen LogP contribution in [0.1, 0.15) is 23.3 Å². The molecule has 1 heterocycles. The van der Waals surface area contributed by atoms with Crippen LogP contribution in [0.4, 0.5) is 18.9 Å². The Morgan fingerprint density at radius 2 is 2.09 bits per heavy atom. The maximum Gasteiger partial charge on any atom is 0.416 e. The molecule has 0 bridgehead atoms. The molecule has 2 aromatic rings. The first-order chi connectivity index (χ1) is 10.4. The molecule has 22 heavy (non-hydrogen) atoms. The lowest BCUT2D eigenvalue weighted by Gasteiger charge is -2.14. The van der Waals surface area contributed by atoms with Gasteiger partial charge in [-0.2, -0.15) is 13.2 Å². The minimum Gasteiger partial charge on any atom is -0.490 e. The number of benzene rings is 1. The van der Waals surface area contributed by atoms with Crippen LogP contribution in [0.15, 0.2) is 24.4 Å². The fourth-order valence-electron chi connectivity index (χ4n) is 1.87. The van der Waals surface area contributed by atoms with E-state index in [0.29, 0.717) is 16.7 Å². The number of hydrogen-bond donors (Lipinski definition) is 1. The molecule has 0 aliphatic heterocycles. The Balaban J connectivity index is 1.78. The quantitative estimate of drug-likeness (QED) is 0.828. The van der Waals surface area contributed by atoms with Crippen molar-refractivity contribution in [3.8, 4) is 5.75 Å². The summed E-state index contributed by atoms with van der Waals surface area (Å²) in [6, 6.07) is 3.69. The van der Waals surface area contributed by atoms with Gasteiger partial charge < -0.3 is 10.1 Å². The maximum atomic E-state index is 13.0. The summed E-state index contributed by atoms with van der Waals surface area (Å²) in [7, 11) is 0. The van der Waals surface area contributed by atoms with Crippen LogP contribution in [0.3, 0.4) is 0 Å². The van der Waals surface area contributed by atoms with Crippen LogP contribution >= 0.6 is 22.9 Å². The van der Waals surface area contributed by atoms with E-state index in [1.165, 1.54) is 11.3 Å². The van der Waals surface area contributed by atoms with Crippen molar-refractivity contribution in [3.63, 3.8) is 0 Å². The predicted octanol–water partition coefficient (Wildman–Crippen LogP) is 4.97. The molecule has 1 fully saturated rings. The summed E-state index contributed by atoms with van der Waals surface area (Å²) in [4.78, 5) is 4.73.